The normalized spacial score (nSPS) is 12.7. The van der Waals surface area contributed by atoms with Crippen molar-refractivity contribution < 1.29 is 9.13 Å². The van der Waals surface area contributed by atoms with Crippen LogP contribution >= 0.6 is 0 Å². The topological polar surface area (TPSA) is 27.1 Å². The van der Waals surface area contributed by atoms with Gasteiger partial charge in [-0.15, -0.1) is 0 Å². The van der Waals surface area contributed by atoms with Crippen molar-refractivity contribution in [3.05, 3.63) is 12.1 Å². The minimum atomic E-state index is -2.75. The summed E-state index contributed by atoms with van der Waals surface area (Å²) in [6, 6.07) is 1.11. The summed E-state index contributed by atoms with van der Waals surface area (Å²) in [5.41, 5.74) is 0. The Bertz CT molecular complexity index is 509. The van der Waals surface area contributed by atoms with Gasteiger partial charge in [-0.2, -0.15) is 0 Å². The summed E-state index contributed by atoms with van der Waals surface area (Å²) in [6.07, 6.45) is 9.20. The molecule has 0 spiro atoms. The van der Waals surface area contributed by atoms with Crippen LogP contribution in [0.4, 0.5) is 4.39 Å². The third-order valence-corrected chi connectivity index (χ3v) is 22.7. The summed E-state index contributed by atoms with van der Waals surface area (Å²) < 4.78 is 27.4. The molecule has 0 aliphatic heterocycles. The maximum absolute atomic E-state index is 15.4. The van der Waals surface area contributed by atoms with Crippen molar-refractivity contribution in [2.75, 3.05) is 6.61 Å². The molecule has 0 aromatic carbocycles. The third-order valence-electron chi connectivity index (χ3n) is 5.58. The second-order valence-electron chi connectivity index (χ2n) is 9.29. The SMILES string of the molecule is CCC[CH2][Sn]([CH2]CCC)([CH2]CCC)[c]1cnn(COCC[Si](C)(C)C)c1F. The van der Waals surface area contributed by atoms with Crippen LogP contribution < -0.4 is 3.58 Å². The molecule has 0 N–H and O–H groups in total. The summed E-state index contributed by atoms with van der Waals surface area (Å²) in [7, 11) is -1.12. The number of unbranched alkanes of at least 4 members (excludes halogenated alkanes) is 3. The van der Waals surface area contributed by atoms with Gasteiger partial charge in [-0.1, -0.05) is 0 Å². The van der Waals surface area contributed by atoms with E-state index in [4.69, 9.17) is 4.74 Å². The molecule has 0 radical (unpaired) electrons. The molecule has 0 unspecified atom stereocenters. The molecule has 1 aromatic heterocycles. The molecule has 0 aliphatic carbocycles. The van der Waals surface area contributed by atoms with Crippen molar-refractivity contribution in [3.63, 3.8) is 0 Å². The predicted octanol–water partition coefficient (Wildman–Crippen LogP) is 6.39. The quantitative estimate of drug-likeness (QED) is 0.204. The van der Waals surface area contributed by atoms with Crippen molar-refractivity contribution >= 4 is 30.0 Å². The van der Waals surface area contributed by atoms with E-state index in [9.17, 15) is 0 Å². The van der Waals surface area contributed by atoms with Crippen LogP contribution in [-0.2, 0) is 11.5 Å². The first-order chi connectivity index (χ1) is 12.8. The zero-order valence-electron chi connectivity index (χ0n) is 18.7. The van der Waals surface area contributed by atoms with Crippen LogP contribution in [0.5, 0.6) is 0 Å². The van der Waals surface area contributed by atoms with Gasteiger partial charge >= 0.3 is 173 Å². The number of halogens is 1. The Hall–Kier alpha value is 0.116. The van der Waals surface area contributed by atoms with Gasteiger partial charge in [-0.25, -0.2) is 0 Å². The minimum absolute atomic E-state index is 0.0814. The number of nitrogens with zero attached hydrogens (tertiary/aromatic N) is 2. The molecule has 158 valence electrons. The molecule has 3 nitrogen and oxygen atoms in total. The van der Waals surface area contributed by atoms with Crippen LogP contribution in [0.25, 0.3) is 0 Å². The van der Waals surface area contributed by atoms with Crippen LogP contribution in [0.15, 0.2) is 6.20 Å². The molecule has 0 saturated carbocycles. The second-order valence-corrected chi connectivity index (χ2v) is 28.0. The van der Waals surface area contributed by atoms with Gasteiger partial charge in [0.15, 0.2) is 0 Å². The number of hydrogen-bond acceptors (Lipinski definition) is 2. The average molecular weight is 505 g/mol. The molecule has 0 atom stereocenters. The summed E-state index contributed by atoms with van der Waals surface area (Å²) in [5, 5.41) is 4.42. The number of hydrogen-bond donors (Lipinski definition) is 0. The van der Waals surface area contributed by atoms with Gasteiger partial charge < -0.3 is 0 Å². The first-order valence-electron chi connectivity index (χ1n) is 11.1. The summed E-state index contributed by atoms with van der Waals surface area (Å²) in [6.45, 7) is 14.7. The fraction of sp³-hybridized carbons (Fsp3) is 0.857. The number of rotatable bonds is 15. The van der Waals surface area contributed by atoms with E-state index in [-0.39, 0.29) is 12.7 Å². The molecular weight excluding hydrogens is 462 g/mol. The van der Waals surface area contributed by atoms with Gasteiger partial charge in [-0.3, -0.25) is 0 Å². The van der Waals surface area contributed by atoms with Gasteiger partial charge in [-0.05, 0) is 0 Å². The Balaban J connectivity index is 2.95. The van der Waals surface area contributed by atoms with Crippen molar-refractivity contribution in [1.82, 2.24) is 9.78 Å². The number of ether oxygens (including phenoxy) is 1. The molecule has 1 rings (SSSR count). The molecule has 27 heavy (non-hydrogen) atoms. The Morgan fingerprint density at radius 1 is 1.00 bits per heavy atom. The van der Waals surface area contributed by atoms with E-state index < -0.39 is 26.5 Å². The second kappa shape index (κ2) is 12.6. The van der Waals surface area contributed by atoms with E-state index in [0.29, 0.717) is 6.61 Å². The summed E-state index contributed by atoms with van der Waals surface area (Å²) in [5.74, 6) is -0.0814. The molecule has 1 aromatic rings. The fourth-order valence-electron chi connectivity index (χ4n) is 3.67. The van der Waals surface area contributed by atoms with Gasteiger partial charge in [0.2, 0.25) is 0 Å². The van der Waals surface area contributed by atoms with Crippen molar-refractivity contribution in [1.29, 1.82) is 0 Å². The Morgan fingerprint density at radius 3 is 1.96 bits per heavy atom. The summed E-state index contributed by atoms with van der Waals surface area (Å²) in [4.78, 5) is 0. The Morgan fingerprint density at radius 2 is 1.52 bits per heavy atom. The van der Waals surface area contributed by atoms with Crippen LogP contribution in [0, 0.1) is 5.95 Å². The third kappa shape index (κ3) is 8.56. The molecule has 0 saturated heterocycles. The van der Waals surface area contributed by atoms with E-state index in [2.05, 4.69) is 45.5 Å². The molecule has 0 bridgehead atoms. The summed E-state index contributed by atoms with van der Waals surface area (Å²) >= 11 is -2.75. The van der Waals surface area contributed by atoms with Crippen LogP contribution in [0.2, 0.25) is 39.0 Å². The Kier molecular flexibility index (Phi) is 11.8. The molecule has 6 heteroatoms. The van der Waals surface area contributed by atoms with Crippen molar-refractivity contribution in [3.8, 4) is 0 Å². The molecule has 0 fully saturated rings. The zero-order chi connectivity index (χ0) is 20.3. The van der Waals surface area contributed by atoms with Gasteiger partial charge in [0.1, 0.15) is 0 Å². The van der Waals surface area contributed by atoms with E-state index in [1.54, 1.807) is 0 Å². The monoisotopic (exact) mass is 506 g/mol. The van der Waals surface area contributed by atoms with E-state index in [0.717, 1.165) is 9.62 Å². The van der Waals surface area contributed by atoms with E-state index in [1.807, 2.05) is 6.20 Å². The van der Waals surface area contributed by atoms with Gasteiger partial charge in [0.25, 0.3) is 0 Å². The van der Waals surface area contributed by atoms with Crippen LogP contribution in [0.3, 0.4) is 0 Å². The molecule has 1 heterocycles. The first kappa shape index (κ1) is 25.2. The average Bonchev–Trinajstić information content (AvgIpc) is 2.99. The molecule has 0 amide bonds. The first-order valence-corrected chi connectivity index (χ1v) is 22.3. The maximum atomic E-state index is 15.4. The standard InChI is InChI=1S/C9H16FN2OSi.3C4H9.Sn/c1-14(2,3)7-6-13-8-12-9(10)4-5-11-12;3*1-3-4-2;/h5H,6-8H2,1-3H3;3*1,3-4H2,2H3;. The predicted molar refractivity (Wildman–Crippen MR) is 121 cm³/mol. The molecule has 0 aliphatic rings. The Labute approximate surface area is 172 Å². The van der Waals surface area contributed by atoms with Crippen molar-refractivity contribution in [2.24, 2.45) is 0 Å². The van der Waals surface area contributed by atoms with Gasteiger partial charge in [0.05, 0.1) is 0 Å². The van der Waals surface area contributed by atoms with E-state index >= 15 is 4.39 Å². The van der Waals surface area contributed by atoms with E-state index in [1.165, 1.54) is 56.5 Å². The zero-order valence-corrected chi connectivity index (χ0v) is 22.6. The molecular formula is C21H43FN2OSiSn. The van der Waals surface area contributed by atoms with Crippen LogP contribution in [-0.4, -0.2) is 42.8 Å². The van der Waals surface area contributed by atoms with Crippen LogP contribution in [0.1, 0.15) is 59.3 Å². The fourth-order valence-corrected chi connectivity index (χ4v) is 20.3. The number of aromatic nitrogens is 2. The van der Waals surface area contributed by atoms with Crippen molar-refractivity contribution in [2.45, 2.75) is 105 Å². The van der Waals surface area contributed by atoms with Gasteiger partial charge in [0, 0.05) is 0 Å².